The molecule has 0 saturated carbocycles. The van der Waals surface area contributed by atoms with E-state index in [-0.39, 0.29) is 27.7 Å². The smallest absolute Gasteiger partial charge is 0.264 e. The lowest BCUT2D eigenvalue weighted by molar-refractivity contribution is -0.114. The molecule has 0 bridgehead atoms. The number of amides is 2. The molecule has 2 N–H and O–H groups in total. The number of sulfonamides is 1. The standard InChI is InChI=1S/C26H28ClN3O4S/c1-18-14-15-19(16-22(18)27)30(35(33,34)20-10-6-5-7-11-20)17-24(31)28-23-13-9-8-12-21(23)25(32)29-26(2,3)4/h5-16H,17H2,1-4H3,(H,28,31)(H,29,32). The number of carbonyl (C=O) groups is 2. The number of benzene rings is 3. The summed E-state index contributed by atoms with van der Waals surface area (Å²) < 4.78 is 28.0. The third kappa shape index (κ3) is 6.61. The molecule has 0 aliphatic rings. The summed E-state index contributed by atoms with van der Waals surface area (Å²) >= 11 is 6.26. The van der Waals surface area contributed by atoms with E-state index in [1.807, 2.05) is 20.8 Å². The molecule has 0 atom stereocenters. The minimum atomic E-state index is -4.09. The monoisotopic (exact) mass is 513 g/mol. The van der Waals surface area contributed by atoms with Crippen molar-refractivity contribution < 1.29 is 18.0 Å². The van der Waals surface area contributed by atoms with Crippen LogP contribution in [0, 0.1) is 6.92 Å². The van der Waals surface area contributed by atoms with Gasteiger partial charge in [-0.1, -0.05) is 48.0 Å². The average molecular weight is 514 g/mol. The first-order valence-electron chi connectivity index (χ1n) is 10.9. The fourth-order valence-corrected chi connectivity index (χ4v) is 4.90. The molecule has 0 aliphatic heterocycles. The third-order valence-corrected chi connectivity index (χ3v) is 7.19. The van der Waals surface area contributed by atoms with Crippen molar-refractivity contribution in [1.29, 1.82) is 0 Å². The highest BCUT2D eigenvalue weighted by Crippen LogP contribution is 2.28. The second kappa shape index (κ2) is 10.5. The Labute approximate surface area is 211 Å². The molecule has 184 valence electrons. The lowest BCUT2D eigenvalue weighted by Gasteiger charge is -2.25. The molecular formula is C26H28ClN3O4S. The van der Waals surface area contributed by atoms with Crippen molar-refractivity contribution in [1.82, 2.24) is 5.32 Å². The SMILES string of the molecule is Cc1ccc(N(CC(=O)Nc2ccccc2C(=O)NC(C)(C)C)S(=O)(=O)c2ccccc2)cc1Cl. The molecule has 0 radical (unpaired) electrons. The Morgan fingerprint density at radius 2 is 1.57 bits per heavy atom. The van der Waals surface area contributed by atoms with Gasteiger partial charge in [-0.05, 0) is 69.7 Å². The molecule has 9 heteroatoms. The van der Waals surface area contributed by atoms with Gasteiger partial charge in [-0.15, -0.1) is 0 Å². The summed E-state index contributed by atoms with van der Waals surface area (Å²) in [7, 11) is -4.09. The molecule has 0 heterocycles. The Balaban J connectivity index is 1.94. The minimum Gasteiger partial charge on any atom is -0.347 e. The van der Waals surface area contributed by atoms with Crippen molar-refractivity contribution in [2.45, 2.75) is 38.1 Å². The molecule has 3 aromatic carbocycles. The number of hydrogen-bond donors (Lipinski definition) is 2. The van der Waals surface area contributed by atoms with Gasteiger partial charge in [0.15, 0.2) is 0 Å². The molecule has 0 spiro atoms. The molecule has 7 nitrogen and oxygen atoms in total. The molecule has 0 saturated heterocycles. The number of hydrogen-bond acceptors (Lipinski definition) is 4. The van der Waals surface area contributed by atoms with Gasteiger partial charge in [0.05, 0.1) is 21.8 Å². The van der Waals surface area contributed by atoms with E-state index in [2.05, 4.69) is 10.6 Å². The van der Waals surface area contributed by atoms with Gasteiger partial charge in [-0.25, -0.2) is 8.42 Å². The van der Waals surface area contributed by atoms with Crippen LogP contribution in [0.4, 0.5) is 11.4 Å². The summed E-state index contributed by atoms with van der Waals surface area (Å²) in [5.74, 6) is -0.968. The summed E-state index contributed by atoms with van der Waals surface area (Å²) in [4.78, 5) is 25.9. The van der Waals surface area contributed by atoms with Gasteiger partial charge in [-0.3, -0.25) is 13.9 Å². The molecule has 0 aromatic heterocycles. The van der Waals surface area contributed by atoms with E-state index in [1.54, 1.807) is 61.5 Å². The Bertz CT molecular complexity index is 1340. The van der Waals surface area contributed by atoms with Crippen molar-refractivity contribution in [2.24, 2.45) is 0 Å². The topological polar surface area (TPSA) is 95.6 Å². The molecular weight excluding hydrogens is 486 g/mol. The number of aryl methyl sites for hydroxylation is 1. The maximum absolute atomic E-state index is 13.5. The lowest BCUT2D eigenvalue weighted by atomic mass is 10.1. The molecule has 35 heavy (non-hydrogen) atoms. The van der Waals surface area contributed by atoms with Gasteiger partial charge < -0.3 is 10.6 Å². The highest BCUT2D eigenvalue weighted by Gasteiger charge is 2.28. The zero-order chi connectivity index (χ0) is 25.8. The quantitative estimate of drug-likeness (QED) is 0.464. The van der Waals surface area contributed by atoms with Crippen molar-refractivity contribution in [2.75, 3.05) is 16.2 Å². The molecule has 3 rings (SSSR count). The summed E-state index contributed by atoms with van der Waals surface area (Å²) in [6.45, 7) is 6.83. The molecule has 3 aromatic rings. The van der Waals surface area contributed by atoms with E-state index in [1.165, 1.54) is 18.2 Å². The maximum Gasteiger partial charge on any atom is 0.264 e. The maximum atomic E-state index is 13.5. The first kappa shape index (κ1) is 26.2. The first-order valence-corrected chi connectivity index (χ1v) is 12.8. The summed E-state index contributed by atoms with van der Waals surface area (Å²) in [6.07, 6.45) is 0. The van der Waals surface area contributed by atoms with Crippen molar-refractivity contribution in [3.8, 4) is 0 Å². The van der Waals surface area contributed by atoms with Gasteiger partial charge in [0.1, 0.15) is 6.54 Å². The second-order valence-electron chi connectivity index (χ2n) is 9.06. The van der Waals surface area contributed by atoms with Gasteiger partial charge in [0, 0.05) is 10.6 Å². The Morgan fingerprint density at radius 1 is 0.943 bits per heavy atom. The van der Waals surface area contributed by atoms with Crippen molar-refractivity contribution in [3.05, 3.63) is 88.9 Å². The van der Waals surface area contributed by atoms with E-state index in [9.17, 15) is 18.0 Å². The number of anilines is 2. The van der Waals surface area contributed by atoms with Crippen molar-refractivity contribution >= 4 is 44.8 Å². The molecule has 0 unspecified atom stereocenters. The van der Waals surface area contributed by atoms with Gasteiger partial charge in [0.25, 0.3) is 15.9 Å². The zero-order valence-electron chi connectivity index (χ0n) is 20.0. The molecule has 0 aliphatic carbocycles. The van der Waals surface area contributed by atoms with Crippen LogP contribution in [0.5, 0.6) is 0 Å². The number of nitrogens with zero attached hydrogens (tertiary/aromatic N) is 1. The van der Waals surface area contributed by atoms with Gasteiger partial charge >= 0.3 is 0 Å². The van der Waals surface area contributed by atoms with Crippen LogP contribution in [0.25, 0.3) is 0 Å². The van der Waals surface area contributed by atoms with Crippen LogP contribution in [0.1, 0.15) is 36.7 Å². The van der Waals surface area contributed by atoms with Crippen LogP contribution in [0.2, 0.25) is 5.02 Å². The normalized spacial score (nSPS) is 11.6. The van der Waals surface area contributed by atoms with Crippen LogP contribution in [0.3, 0.4) is 0 Å². The minimum absolute atomic E-state index is 0.0365. The number of rotatable bonds is 7. The average Bonchev–Trinajstić information content (AvgIpc) is 2.79. The Morgan fingerprint density at radius 3 is 2.20 bits per heavy atom. The predicted molar refractivity (Wildman–Crippen MR) is 139 cm³/mol. The van der Waals surface area contributed by atoms with E-state index in [0.29, 0.717) is 5.02 Å². The third-order valence-electron chi connectivity index (χ3n) is 5.00. The highest BCUT2D eigenvalue weighted by atomic mass is 35.5. The van der Waals surface area contributed by atoms with Crippen molar-refractivity contribution in [3.63, 3.8) is 0 Å². The summed E-state index contributed by atoms with van der Waals surface area (Å²) in [5, 5.41) is 5.93. The van der Waals surface area contributed by atoms with Gasteiger partial charge in [0.2, 0.25) is 5.91 Å². The van der Waals surface area contributed by atoms with Crippen LogP contribution in [-0.4, -0.2) is 32.3 Å². The fourth-order valence-electron chi connectivity index (χ4n) is 3.29. The molecule has 0 fully saturated rings. The summed E-state index contributed by atoms with van der Waals surface area (Å²) in [5.41, 5.74) is 1.10. The second-order valence-corrected chi connectivity index (χ2v) is 11.3. The van der Waals surface area contributed by atoms with Crippen LogP contribution < -0.4 is 14.9 Å². The van der Waals surface area contributed by atoms with E-state index >= 15 is 0 Å². The lowest BCUT2D eigenvalue weighted by Crippen LogP contribution is -2.41. The fraction of sp³-hybridized carbons (Fsp3) is 0.231. The van der Waals surface area contributed by atoms with Crippen LogP contribution in [-0.2, 0) is 14.8 Å². The van der Waals surface area contributed by atoms with Gasteiger partial charge in [-0.2, -0.15) is 0 Å². The predicted octanol–water partition coefficient (Wildman–Crippen LogP) is 5.01. The highest BCUT2D eigenvalue weighted by molar-refractivity contribution is 7.92. The number of nitrogens with one attached hydrogen (secondary N) is 2. The Kier molecular flexibility index (Phi) is 7.87. The van der Waals surface area contributed by atoms with E-state index in [4.69, 9.17) is 11.6 Å². The Hall–Kier alpha value is -3.36. The number of carbonyl (C=O) groups excluding carboxylic acids is 2. The molecule has 2 amide bonds. The number of para-hydroxylation sites is 1. The first-order chi connectivity index (χ1) is 16.4. The summed E-state index contributed by atoms with van der Waals surface area (Å²) in [6, 6.07) is 19.2. The van der Waals surface area contributed by atoms with E-state index in [0.717, 1.165) is 9.87 Å². The van der Waals surface area contributed by atoms with Crippen LogP contribution >= 0.6 is 11.6 Å². The number of halogens is 1. The van der Waals surface area contributed by atoms with Crippen LogP contribution in [0.15, 0.2) is 77.7 Å². The largest absolute Gasteiger partial charge is 0.347 e. The van der Waals surface area contributed by atoms with E-state index < -0.39 is 28.0 Å². The zero-order valence-corrected chi connectivity index (χ0v) is 21.6.